The number of hydrogen-bond donors (Lipinski definition) is 3. The van der Waals surface area contributed by atoms with Gasteiger partial charge < -0.3 is 20.4 Å². The summed E-state index contributed by atoms with van der Waals surface area (Å²) in [7, 11) is 0. The summed E-state index contributed by atoms with van der Waals surface area (Å²) in [5.74, 6) is -2.50. The molecule has 29 heavy (non-hydrogen) atoms. The first kappa shape index (κ1) is 18.6. The van der Waals surface area contributed by atoms with Gasteiger partial charge in [-0.15, -0.1) is 0 Å². The van der Waals surface area contributed by atoms with Gasteiger partial charge in [0.2, 0.25) is 0 Å². The molecule has 0 unspecified atom stereocenters. The average Bonchev–Trinajstić information content (AvgIpc) is 3.07. The SMILES string of the molecule is O=C(Nc1cccnc1)Nc1cc(F)c(Oc2ccnc3[nH]cc(Cl)c23)c(F)c1. The molecule has 10 heteroatoms. The van der Waals surface area contributed by atoms with Crippen LogP contribution in [0.3, 0.4) is 0 Å². The van der Waals surface area contributed by atoms with Crippen molar-refractivity contribution in [3.05, 3.63) is 71.8 Å². The van der Waals surface area contributed by atoms with Crippen LogP contribution < -0.4 is 15.4 Å². The number of amides is 2. The van der Waals surface area contributed by atoms with Crippen molar-refractivity contribution in [2.75, 3.05) is 10.6 Å². The molecule has 2 amide bonds. The number of aromatic nitrogens is 3. The van der Waals surface area contributed by atoms with E-state index in [9.17, 15) is 13.6 Å². The number of nitrogens with one attached hydrogen (secondary N) is 3. The van der Waals surface area contributed by atoms with Crippen LogP contribution in [0.15, 0.2) is 55.1 Å². The lowest BCUT2D eigenvalue weighted by molar-refractivity contribution is 0.262. The summed E-state index contributed by atoms with van der Waals surface area (Å²) in [6, 6.07) is 5.89. The summed E-state index contributed by atoms with van der Waals surface area (Å²) in [6.45, 7) is 0. The molecular weight excluding hydrogens is 404 g/mol. The molecule has 0 fully saturated rings. The first-order valence-corrected chi connectivity index (χ1v) is 8.65. The van der Waals surface area contributed by atoms with E-state index in [1.807, 2.05) is 0 Å². The molecular formula is C19H12ClF2N5O2. The second-order valence-corrected chi connectivity index (χ2v) is 6.27. The minimum atomic E-state index is -1.00. The number of aromatic amines is 1. The molecule has 0 saturated heterocycles. The molecule has 0 radical (unpaired) electrons. The van der Waals surface area contributed by atoms with Crippen molar-refractivity contribution in [1.82, 2.24) is 15.0 Å². The summed E-state index contributed by atoms with van der Waals surface area (Å²) >= 11 is 6.07. The summed E-state index contributed by atoms with van der Waals surface area (Å²) in [5, 5.41) is 5.54. The van der Waals surface area contributed by atoms with Gasteiger partial charge in [0.1, 0.15) is 11.4 Å². The largest absolute Gasteiger partial charge is 0.450 e. The standard InChI is InChI=1S/C19H12ClF2N5O2/c20-12-9-25-18-16(12)15(3-5-24-18)29-17-13(21)6-11(7-14(17)22)27-19(28)26-10-2-1-4-23-8-10/h1-9H,(H,24,25)(H2,26,27,28). The van der Waals surface area contributed by atoms with E-state index in [-0.39, 0.29) is 11.4 Å². The van der Waals surface area contributed by atoms with Crippen LogP contribution >= 0.6 is 11.6 Å². The van der Waals surface area contributed by atoms with Crippen LogP contribution in [0, 0.1) is 11.6 Å². The minimum absolute atomic E-state index is 0.0895. The van der Waals surface area contributed by atoms with E-state index in [4.69, 9.17) is 16.3 Å². The average molecular weight is 416 g/mol. The lowest BCUT2D eigenvalue weighted by atomic mass is 10.2. The Labute approximate surface area is 167 Å². The molecule has 0 aliphatic heterocycles. The van der Waals surface area contributed by atoms with Gasteiger partial charge in [0.25, 0.3) is 0 Å². The molecule has 4 aromatic rings. The van der Waals surface area contributed by atoms with Crippen LogP contribution in [-0.4, -0.2) is 21.0 Å². The van der Waals surface area contributed by atoms with Gasteiger partial charge in [-0.3, -0.25) is 4.98 Å². The van der Waals surface area contributed by atoms with Gasteiger partial charge in [-0.2, -0.15) is 0 Å². The van der Waals surface area contributed by atoms with Crippen molar-refractivity contribution in [2.24, 2.45) is 0 Å². The van der Waals surface area contributed by atoms with Gasteiger partial charge in [-0.1, -0.05) is 11.6 Å². The molecule has 0 aliphatic carbocycles. The van der Waals surface area contributed by atoms with Gasteiger partial charge in [0.05, 0.1) is 22.3 Å². The number of carbonyl (C=O) groups is 1. The number of benzene rings is 1. The Morgan fingerprint density at radius 2 is 1.86 bits per heavy atom. The smallest absolute Gasteiger partial charge is 0.323 e. The minimum Gasteiger partial charge on any atom is -0.450 e. The van der Waals surface area contributed by atoms with E-state index in [0.29, 0.717) is 21.7 Å². The van der Waals surface area contributed by atoms with Crippen molar-refractivity contribution < 1.29 is 18.3 Å². The first-order valence-electron chi connectivity index (χ1n) is 8.28. The van der Waals surface area contributed by atoms with E-state index in [2.05, 4.69) is 25.6 Å². The van der Waals surface area contributed by atoms with E-state index >= 15 is 0 Å². The number of urea groups is 1. The third-order valence-corrected chi connectivity index (χ3v) is 4.17. The number of anilines is 2. The molecule has 0 bridgehead atoms. The number of hydrogen-bond acceptors (Lipinski definition) is 4. The van der Waals surface area contributed by atoms with Crippen molar-refractivity contribution in [3.8, 4) is 11.5 Å². The lowest BCUT2D eigenvalue weighted by Crippen LogP contribution is -2.19. The zero-order valence-corrected chi connectivity index (χ0v) is 15.3. The van der Waals surface area contributed by atoms with Gasteiger partial charge in [-0.25, -0.2) is 18.6 Å². The van der Waals surface area contributed by atoms with Crippen LogP contribution in [0.1, 0.15) is 0 Å². The number of fused-ring (bicyclic) bond motifs is 1. The lowest BCUT2D eigenvalue weighted by Gasteiger charge is -2.12. The number of pyridine rings is 2. The summed E-state index contributed by atoms with van der Waals surface area (Å²) in [5.41, 5.74) is 0.753. The Morgan fingerprint density at radius 3 is 2.59 bits per heavy atom. The molecule has 0 aliphatic rings. The van der Waals surface area contributed by atoms with Crippen LogP contribution in [0.25, 0.3) is 11.0 Å². The molecule has 0 spiro atoms. The zero-order valence-electron chi connectivity index (χ0n) is 14.5. The molecule has 0 saturated carbocycles. The molecule has 146 valence electrons. The van der Waals surface area contributed by atoms with Crippen molar-refractivity contribution >= 4 is 40.0 Å². The molecule has 3 aromatic heterocycles. The fraction of sp³-hybridized carbons (Fsp3) is 0. The number of ether oxygens (including phenoxy) is 1. The predicted molar refractivity (Wildman–Crippen MR) is 104 cm³/mol. The van der Waals surface area contributed by atoms with Crippen LogP contribution in [0.2, 0.25) is 5.02 Å². The molecule has 3 N–H and O–H groups in total. The van der Waals surface area contributed by atoms with E-state index in [1.54, 1.807) is 18.3 Å². The highest BCUT2D eigenvalue weighted by Crippen LogP contribution is 2.36. The Bertz CT molecular complexity index is 1180. The highest BCUT2D eigenvalue weighted by atomic mass is 35.5. The third-order valence-electron chi connectivity index (χ3n) is 3.87. The first-order chi connectivity index (χ1) is 14.0. The van der Waals surface area contributed by atoms with Crippen molar-refractivity contribution in [1.29, 1.82) is 0 Å². The molecule has 1 aromatic carbocycles. The topological polar surface area (TPSA) is 91.9 Å². The van der Waals surface area contributed by atoms with E-state index < -0.39 is 23.4 Å². The second-order valence-electron chi connectivity index (χ2n) is 5.86. The van der Waals surface area contributed by atoms with Crippen LogP contribution in [-0.2, 0) is 0 Å². The maximum Gasteiger partial charge on any atom is 0.323 e. The van der Waals surface area contributed by atoms with E-state index in [1.165, 1.54) is 24.7 Å². The zero-order chi connectivity index (χ0) is 20.4. The Morgan fingerprint density at radius 1 is 1.10 bits per heavy atom. The fourth-order valence-corrected chi connectivity index (χ4v) is 2.88. The second kappa shape index (κ2) is 7.72. The van der Waals surface area contributed by atoms with Crippen LogP contribution in [0.5, 0.6) is 11.5 Å². The van der Waals surface area contributed by atoms with Crippen LogP contribution in [0.4, 0.5) is 25.0 Å². The number of halogens is 3. The normalized spacial score (nSPS) is 10.7. The number of nitrogens with zero attached hydrogens (tertiary/aromatic N) is 2. The molecule has 4 rings (SSSR count). The predicted octanol–water partition coefficient (Wildman–Crippen LogP) is 5.33. The Hall–Kier alpha value is -3.72. The molecule has 3 heterocycles. The highest BCUT2D eigenvalue weighted by molar-refractivity contribution is 6.36. The Kier molecular flexibility index (Phi) is 4.96. The molecule has 7 nitrogen and oxygen atoms in total. The Balaban J connectivity index is 1.55. The van der Waals surface area contributed by atoms with E-state index in [0.717, 1.165) is 12.1 Å². The number of rotatable bonds is 4. The summed E-state index contributed by atoms with van der Waals surface area (Å²) < 4.78 is 34.4. The van der Waals surface area contributed by atoms with Gasteiger partial charge in [-0.05, 0) is 18.2 Å². The maximum atomic E-state index is 14.5. The molecule has 0 atom stereocenters. The third kappa shape index (κ3) is 3.94. The quantitative estimate of drug-likeness (QED) is 0.420. The monoisotopic (exact) mass is 415 g/mol. The van der Waals surface area contributed by atoms with Gasteiger partial charge in [0, 0.05) is 36.4 Å². The maximum absolute atomic E-state index is 14.5. The van der Waals surface area contributed by atoms with Gasteiger partial charge >= 0.3 is 6.03 Å². The highest BCUT2D eigenvalue weighted by Gasteiger charge is 2.18. The van der Waals surface area contributed by atoms with Crippen molar-refractivity contribution in [3.63, 3.8) is 0 Å². The van der Waals surface area contributed by atoms with Gasteiger partial charge in [0.15, 0.2) is 17.4 Å². The summed E-state index contributed by atoms with van der Waals surface area (Å²) in [6.07, 6.45) is 5.88. The number of carbonyl (C=O) groups excluding carboxylic acids is 1. The van der Waals surface area contributed by atoms with Crippen molar-refractivity contribution in [2.45, 2.75) is 0 Å². The number of H-pyrrole nitrogens is 1. The summed E-state index contributed by atoms with van der Waals surface area (Å²) in [4.78, 5) is 22.7. The fourth-order valence-electron chi connectivity index (χ4n) is 2.64.